The fraction of sp³-hybridized carbons (Fsp3) is 0.455. The fourth-order valence-corrected chi connectivity index (χ4v) is 3.43. The average Bonchev–Trinajstić information content (AvgIpc) is 3.22. The highest BCUT2D eigenvalue weighted by Crippen LogP contribution is 2.29. The molecule has 0 bridgehead atoms. The molecular formula is C22H30ClN3O3. The zero-order chi connectivity index (χ0) is 19.8. The second-order valence-corrected chi connectivity index (χ2v) is 7.37. The van der Waals surface area contributed by atoms with E-state index in [9.17, 15) is 4.79 Å². The van der Waals surface area contributed by atoms with Crippen molar-refractivity contribution in [2.24, 2.45) is 5.92 Å². The number of hydrogen-bond acceptors (Lipinski definition) is 4. The Balaban J connectivity index is 0.00000300. The van der Waals surface area contributed by atoms with Crippen LogP contribution in [-0.4, -0.2) is 35.9 Å². The SMILES string of the molecule is COc1cc(/C=C/C(=O)N[C@H]2CC[C@H](C)CC2)ccc1OCCc1cc[nH]n1.Cl. The van der Waals surface area contributed by atoms with Crippen molar-refractivity contribution < 1.29 is 14.3 Å². The van der Waals surface area contributed by atoms with Crippen LogP contribution in [0.3, 0.4) is 0 Å². The first kappa shape index (κ1) is 22.8. The third-order valence-electron chi connectivity index (χ3n) is 5.15. The molecular weight excluding hydrogens is 390 g/mol. The summed E-state index contributed by atoms with van der Waals surface area (Å²) >= 11 is 0. The number of nitrogens with one attached hydrogen (secondary N) is 2. The van der Waals surface area contributed by atoms with Gasteiger partial charge in [0.05, 0.1) is 19.4 Å². The van der Waals surface area contributed by atoms with Gasteiger partial charge in [-0.15, -0.1) is 12.4 Å². The third kappa shape index (κ3) is 7.13. The molecule has 0 unspecified atom stereocenters. The highest BCUT2D eigenvalue weighted by atomic mass is 35.5. The second-order valence-electron chi connectivity index (χ2n) is 7.37. The van der Waals surface area contributed by atoms with Crippen LogP contribution in [0.2, 0.25) is 0 Å². The summed E-state index contributed by atoms with van der Waals surface area (Å²) in [5.41, 5.74) is 1.85. The second kappa shape index (κ2) is 11.5. The van der Waals surface area contributed by atoms with Crippen LogP contribution in [0, 0.1) is 5.92 Å². The normalized spacial score (nSPS) is 18.8. The Morgan fingerprint density at radius 1 is 1.24 bits per heavy atom. The quantitative estimate of drug-likeness (QED) is 0.629. The number of carbonyl (C=O) groups excluding carboxylic acids is 1. The van der Waals surface area contributed by atoms with Crippen molar-refractivity contribution in [3.63, 3.8) is 0 Å². The van der Waals surface area contributed by atoms with Crippen LogP contribution in [-0.2, 0) is 11.2 Å². The summed E-state index contributed by atoms with van der Waals surface area (Å²) in [6.07, 6.45) is 10.4. The van der Waals surface area contributed by atoms with E-state index in [0.717, 1.165) is 30.0 Å². The number of aromatic nitrogens is 2. The van der Waals surface area contributed by atoms with Gasteiger partial charge in [0.1, 0.15) is 0 Å². The lowest BCUT2D eigenvalue weighted by molar-refractivity contribution is -0.117. The number of carbonyl (C=O) groups is 1. The standard InChI is InChI=1S/C22H29N3O3.ClH/c1-16-3-7-18(8-4-16)24-22(26)10-6-17-5-9-20(21(15-17)27-2)28-14-12-19-11-13-23-25-19;/h5-6,9-11,13,15-16,18H,3-4,7-8,12,14H2,1-2H3,(H,23,25)(H,24,26);1H/b10-6+;/t16-,18-;. The van der Waals surface area contributed by atoms with Gasteiger partial charge in [0.15, 0.2) is 11.5 Å². The van der Waals surface area contributed by atoms with Gasteiger partial charge in [-0.2, -0.15) is 5.10 Å². The fourth-order valence-electron chi connectivity index (χ4n) is 3.43. The van der Waals surface area contributed by atoms with E-state index in [-0.39, 0.29) is 18.3 Å². The number of benzene rings is 1. The van der Waals surface area contributed by atoms with E-state index in [0.29, 0.717) is 30.6 Å². The molecule has 2 N–H and O–H groups in total. The highest BCUT2D eigenvalue weighted by molar-refractivity contribution is 5.92. The molecule has 1 saturated carbocycles. The van der Waals surface area contributed by atoms with Crippen LogP contribution in [0.25, 0.3) is 6.08 Å². The number of amides is 1. The number of hydrogen-bond donors (Lipinski definition) is 2. The minimum atomic E-state index is -0.0437. The van der Waals surface area contributed by atoms with Crippen LogP contribution in [0.5, 0.6) is 11.5 Å². The van der Waals surface area contributed by atoms with Gasteiger partial charge in [-0.1, -0.05) is 13.0 Å². The summed E-state index contributed by atoms with van der Waals surface area (Å²) in [7, 11) is 1.61. The Labute approximate surface area is 178 Å². The molecule has 1 aliphatic rings. The Bertz CT molecular complexity index is 785. The Morgan fingerprint density at radius 3 is 2.72 bits per heavy atom. The molecule has 1 fully saturated rings. The summed E-state index contributed by atoms with van der Waals surface area (Å²) in [5, 5.41) is 10.00. The number of H-pyrrole nitrogens is 1. The van der Waals surface area contributed by atoms with E-state index < -0.39 is 0 Å². The van der Waals surface area contributed by atoms with Gasteiger partial charge in [0, 0.05) is 24.7 Å². The first-order valence-corrected chi connectivity index (χ1v) is 9.92. The van der Waals surface area contributed by atoms with Crippen molar-refractivity contribution in [2.45, 2.75) is 45.1 Å². The van der Waals surface area contributed by atoms with Crippen LogP contribution in [0.4, 0.5) is 0 Å². The highest BCUT2D eigenvalue weighted by Gasteiger charge is 2.18. The van der Waals surface area contributed by atoms with Gasteiger partial charge in [0.2, 0.25) is 5.91 Å². The lowest BCUT2D eigenvalue weighted by Gasteiger charge is -2.26. The molecule has 158 valence electrons. The molecule has 1 aromatic carbocycles. The largest absolute Gasteiger partial charge is 0.493 e. The van der Waals surface area contributed by atoms with Crippen molar-refractivity contribution >= 4 is 24.4 Å². The number of methoxy groups -OCH3 is 1. The van der Waals surface area contributed by atoms with Gasteiger partial charge in [-0.05, 0) is 61.4 Å². The van der Waals surface area contributed by atoms with E-state index in [2.05, 4.69) is 22.4 Å². The topological polar surface area (TPSA) is 76.2 Å². The third-order valence-corrected chi connectivity index (χ3v) is 5.15. The molecule has 0 saturated heterocycles. The van der Waals surface area contributed by atoms with Crippen molar-refractivity contribution in [3.05, 3.63) is 47.8 Å². The molecule has 0 radical (unpaired) electrons. The molecule has 3 rings (SSSR count). The number of nitrogens with zero attached hydrogens (tertiary/aromatic N) is 1. The van der Waals surface area contributed by atoms with Crippen molar-refractivity contribution in [3.8, 4) is 11.5 Å². The van der Waals surface area contributed by atoms with Crippen molar-refractivity contribution in [1.82, 2.24) is 15.5 Å². The zero-order valence-corrected chi connectivity index (χ0v) is 17.8. The molecule has 1 aromatic heterocycles. The maximum atomic E-state index is 12.2. The van der Waals surface area contributed by atoms with E-state index in [1.807, 2.05) is 24.3 Å². The van der Waals surface area contributed by atoms with E-state index in [1.165, 1.54) is 12.8 Å². The smallest absolute Gasteiger partial charge is 0.244 e. The Hall–Kier alpha value is -2.47. The lowest BCUT2D eigenvalue weighted by Crippen LogP contribution is -2.36. The van der Waals surface area contributed by atoms with Gasteiger partial charge >= 0.3 is 0 Å². The summed E-state index contributed by atoms with van der Waals surface area (Å²) in [6.45, 7) is 2.79. The van der Waals surface area contributed by atoms with Gasteiger partial charge < -0.3 is 14.8 Å². The lowest BCUT2D eigenvalue weighted by atomic mass is 9.87. The number of halogens is 1. The predicted octanol–water partition coefficient (Wildman–Crippen LogP) is 4.17. The van der Waals surface area contributed by atoms with Crippen LogP contribution in [0.15, 0.2) is 36.5 Å². The van der Waals surface area contributed by atoms with E-state index >= 15 is 0 Å². The van der Waals surface area contributed by atoms with Crippen molar-refractivity contribution in [1.29, 1.82) is 0 Å². The number of ether oxygens (including phenoxy) is 2. The first-order chi connectivity index (χ1) is 13.6. The summed E-state index contributed by atoms with van der Waals surface area (Å²) in [5.74, 6) is 2.05. The van der Waals surface area contributed by atoms with Gasteiger partial charge in [-0.25, -0.2) is 0 Å². The van der Waals surface area contributed by atoms with E-state index in [4.69, 9.17) is 9.47 Å². The average molecular weight is 420 g/mol. The maximum absolute atomic E-state index is 12.2. The molecule has 29 heavy (non-hydrogen) atoms. The summed E-state index contributed by atoms with van der Waals surface area (Å²) in [6, 6.07) is 7.87. The summed E-state index contributed by atoms with van der Waals surface area (Å²) in [4.78, 5) is 12.2. The summed E-state index contributed by atoms with van der Waals surface area (Å²) < 4.78 is 11.2. The monoisotopic (exact) mass is 419 g/mol. The van der Waals surface area contributed by atoms with Crippen LogP contribution < -0.4 is 14.8 Å². The molecule has 1 amide bonds. The molecule has 2 aromatic rings. The molecule has 6 nitrogen and oxygen atoms in total. The molecule has 1 heterocycles. The molecule has 7 heteroatoms. The minimum Gasteiger partial charge on any atom is -0.493 e. The molecule has 0 atom stereocenters. The maximum Gasteiger partial charge on any atom is 0.244 e. The predicted molar refractivity (Wildman–Crippen MR) is 117 cm³/mol. The van der Waals surface area contributed by atoms with E-state index in [1.54, 1.807) is 25.5 Å². The zero-order valence-electron chi connectivity index (χ0n) is 17.0. The van der Waals surface area contributed by atoms with Gasteiger partial charge in [0.25, 0.3) is 0 Å². The number of rotatable bonds is 8. The minimum absolute atomic E-state index is 0. The Kier molecular flexibility index (Phi) is 9.06. The number of aromatic amines is 1. The molecule has 0 spiro atoms. The van der Waals surface area contributed by atoms with Crippen molar-refractivity contribution in [2.75, 3.05) is 13.7 Å². The molecule has 0 aliphatic heterocycles. The van der Waals surface area contributed by atoms with Crippen LogP contribution in [0.1, 0.15) is 43.9 Å². The Morgan fingerprint density at radius 2 is 2.03 bits per heavy atom. The van der Waals surface area contributed by atoms with Crippen LogP contribution >= 0.6 is 12.4 Å². The van der Waals surface area contributed by atoms with Gasteiger partial charge in [-0.3, -0.25) is 9.89 Å². The first-order valence-electron chi connectivity index (χ1n) is 9.92. The molecule has 1 aliphatic carbocycles.